The Morgan fingerprint density at radius 1 is 1.11 bits per heavy atom. The minimum atomic E-state index is -0.907. The van der Waals surface area contributed by atoms with E-state index in [2.05, 4.69) is 0 Å². The molecule has 0 aliphatic carbocycles. The van der Waals surface area contributed by atoms with Crippen molar-refractivity contribution in [2.24, 2.45) is 0 Å². The van der Waals surface area contributed by atoms with Crippen molar-refractivity contribution in [2.45, 2.75) is 6.42 Å². The number of rotatable bonds is 5. The van der Waals surface area contributed by atoms with Crippen LogP contribution in [0.25, 0.3) is 0 Å². The Hall–Kier alpha value is -2.49. The van der Waals surface area contributed by atoms with Crippen LogP contribution in [0.15, 0.2) is 48.5 Å². The highest BCUT2D eigenvalue weighted by Crippen LogP contribution is 2.34. The molecule has 2 aromatic rings. The van der Waals surface area contributed by atoms with Crippen molar-refractivity contribution in [3.05, 3.63) is 54.1 Å². The molecule has 0 heterocycles. The number of carboxylic acid groups (broad SMARTS) is 1. The molecule has 1 N–H and O–H groups in total. The lowest BCUT2D eigenvalue weighted by molar-refractivity contribution is -0.136. The van der Waals surface area contributed by atoms with Gasteiger partial charge in [-0.2, -0.15) is 0 Å². The molecule has 0 aliphatic heterocycles. The highest BCUT2D eigenvalue weighted by Gasteiger charge is 2.13. The molecular weight excluding hydrogens is 244 g/mol. The van der Waals surface area contributed by atoms with Crippen molar-refractivity contribution in [3.63, 3.8) is 0 Å². The molecule has 0 unspecified atom stereocenters. The van der Waals surface area contributed by atoms with Gasteiger partial charge in [0.05, 0.1) is 13.5 Å². The van der Waals surface area contributed by atoms with Crippen LogP contribution in [0.2, 0.25) is 0 Å². The fourth-order valence-corrected chi connectivity index (χ4v) is 1.79. The zero-order valence-corrected chi connectivity index (χ0v) is 10.5. The van der Waals surface area contributed by atoms with Crippen LogP contribution in [0.4, 0.5) is 0 Å². The van der Waals surface area contributed by atoms with E-state index in [0.717, 1.165) is 0 Å². The average Bonchev–Trinajstić information content (AvgIpc) is 2.39. The van der Waals surface area contributed by atoms with Crippen molar-refractivity contribution < 1.29 is 19.4 Å². The maximum atomic E-state index is 10.8. The minimum Gasteiger partial charge on any atom is -0.493 e. The summed E-state index contributed by atoms with van der Waals surface area (Å²) in [6, 6.07) is 14.5. The van der Waals surface area contributed by atoms with Gasteiger partial charge < -0.3 is 14.6 Å². The third-order valence-corrected chi connectivity index (χ3v) is 2.58. The van der Waals surface area contributed by atoms with E-state index in [9.17, 15) is 4.79 Å². The summed E-state index contributed by atoms with van der Waals surface area (Å²) in [6.45, 7) is 0. The third-order valence-electron chi connectivity index (χ3n) is 2.58. The van der Waals surface area contributed by atoms with Gasteiger partial charge in [-0.15, -0.1) is 0 Å². The number of hydrogen-bond donors (Lipinski definition) is 1. The molecule has 0 bridgehead atoms. The van der Waals surface area contributed by atoms with Crippen molar-refractivity contribution >= 4 is 5.97 Å². The second-order valence-electron chi connectivity index (χ2n) is 3.93. The molecule has 2 rings (SSSR count). The molecule has 0 fully saturated rings. The molecular formula is C15H14O4. The maximum Gasteiger partial charge on any atom is 0.307 e. The number of benzene rings is 2. The third kappa shape index (κ3) is 3.25. The van der Waals surface area contributed by atoms with E-state index in [1.165, 1.54) is 7.11 Å². The molecule has 19 heavy (non-hydrogen) atoms. The lowest BCUT2D eigenvalue weighted by Crippen LogP contribution is -2.03. The summed E-state index contributed by atoms with van der Waals surface area (Å²) in [5, 5.41) is 8.87. The largest absolute Gasteiger partial charge is 0.493 e. The number of carboxylic acids is 1. The average molecular weight is 258 g/mol. The Kier molecular flexibility index (Phi) is 4.03. The summed E-state index contributed by atoms with van der Waals surface area (Å²) in [7, 11) is 1.50. The molecule has 0 radical (unpaired) electrons. The van der Waals surface area contributed by atoms with Gasteiger partial charge in [0.1, 0.15) is 5.75 Å². The smallest absolute Gasteiger partial charge is 0.307 e. The molecule has 0 atom stereocenters. The first-order valence-electron chi connectivity index (χ1n) is 5.81. The first-order chi connectivity index (χ1) is 9.20. The van der Waals surface area contributed by atoms with Crippen molar-refractivity contribution in [2.75, 3.05) is 7.11 Å². The number of hydrogen-bond acceptors (Lipinski definition) is 3. The van der Waals surface area contributed by atoms with E-state index in [0.29, 0.717) is 22.8 Å². The second-order valence-corrected chi connectivity index (χ2v) is 3.93. The van der Waals surface area contributed by atoms with Gasteiger partial charge in [0.25, 0.3) is 0 Å². The highest BCUT2D eigenvalue weighted by atomic mass is 16.5. The molecule has 0 saturated carbocycles. The summed E-state index contributed by atoms with van der Waals surface area (Å²) in [4.78, 5) is 10.8. The SMILES string of the molecule is COc1c(CC(=O)O)cccc1Oc1ccccc1. The van der Waals surface area contributed by atoms with Crippen molar-refractivity contribution in [1.29, 1.82) is 0 Å². The molecule has 98 valence electrons. The predicted octanol–water partition coefficient (Wildman–Crippen LogP) is 3.11. The van der Waals surface area contributed by atoms with E-state index in [1.54, 1.807) is 18.2 Å². The first-order valence-corrected chi connectivity index (χ1v) is 5.81. The summed E-state index contributed by atoms with van der Waals surface area (Å²) in [6.07, 6.45) is -0.102. The van der Waals surface area contributed by atoms with E-state index in [1.807, 2.05) is 30.3 Å². The summed E-state index contributed by atoms with van der Waals surface area (Å²) in [5.41, 5.74) is 0.587. The fraction of sp³-hybridized carbons (Fsp3) is 0.133. The molecule has 0 aliphatic rings. The van der Waals surface area contributed by atoms with Crippen molar-refractivity contribution in [1.82, 2.24) is 0 Å². The minimum absolute atomic E-state index is 0.102. The number of aliphatic carboxylic acids is 1. The standard InChI is InChI=1S/C15H14O4/c1-18-15-11(10-14(16)17)6-5-9-13(15)19-12-7-3-2-4-8-12/h2-9H,10H2,1H3,(H,16,17). The Morgan fingerprint density at radius 2 is 1.84 bits per heavy atom. The van der Waals surface area contributed by atoms with Gasteiger partial charge in [0.15, 0.2) is 11.5 Å². The van der Waals surface area contributed by atoms with Crippen LogP contribution in [-0.4, -0.2) is 18.2 Å². The fourth-order valence-electron chi connectivity index (χ4n) is 1.79. The Labute approximate surface area is 111 Å². The maximum absolute atomic E-state index is 10.8. The number of ether oxygens (including phenoxy) is 2. The quantitative estimate of drug-likeness (QED) is 0.895. The van der Waals surface area contributed by atoms with Crippen LogP contribution < -0.4 is 9.47 Å². The van der Waals surface area contributed by atoms with Crippen LogP contribution in [0.5, 0.6) is 17.2 Å². The predicted molar refractivity (Wildman–Crippen MR) is 70.8 cm³/mol. The first kappa shape index (κ1) is 13.0. The number of methoxy groups -OCH3 is 1. The summed E-state index contributed by atoms with van der Waals surface area (Å²) in [5.74, 6) is 0.727. The zero-order chi connectivity index (χ0) is 13.7. The Bertz CT molecular complexity index is 564. The van der Waals surface area contributed by atoms with Gasteiger partial charge in [-0.3, -0.25) is 4.79 Å². The lowest BCUT2D eigenvalue weighted by atomic mass is 10.1. The molecule has 4 heteroatoms. The summed E-state index contributed by atoms with van der Waals surface area (Å²) >= 11 is 0. The van der Waals surface area contributed by atoms with Gasteiger partial charge >= 0.3 is 5.97 Å². The normalized spacial score (nSPS) is 9.95. The zero-order valence-electron chi connectivity index (χ0n) is 10.5. The molecule has 0 aromatic heterocycles. The highest BCUT2D eigenvalue weighted by molar-refractivity contribution is 5.72. The molecule has 4 nitrogen and oxygen atoms in total. The van der Waals surface area contributed by atoms with Crippen LogP contribution >= 0.6 is 0 Å². The second kappa shape index (κ2) is 5.91. The number of para-hydroxylation sites is 2. The van der Waals surface area contributed by atoms with E-state index < -0.39 is 5.97 Å². The molecule has 0 spiro atoms. The Morgan fingerprint density at radius 3 is 2.47 bits per heavy atom. The van der Waals surface area contributed by atoms with Crippen LogP contribution in [0.3, 0.4) is 0 Å². The van der Waals surface area contributed by atoms with E-state index >= 15 is 0 Å². The van der Waals surface area contributed by atoms with Gasteiger partial charge in [0, 0.05) is 5.56 Å². The van der Waals surface area contributed by atoms with E-state index in [4.69, 9.17) is 14.6 Å². The lowest BCUT2D eigenvalue weighted by Gasteiger charge is -2.13. The summed E-state index contributed by atoms with van der Waals surface area (Å²) < 4.78 is 11.0. The van der Waals surface area contributed by atoms with Crippen LogP contribution in [0.1, 0.15) is 5.56 Å². The van der Waals surface area contributed by atoms with Crippen LogP contribution in [0, 0.1) is 0 Å². The van der Waals surface area contributed by atoms with Gasteiger partial charge in [-0.05, 0) is 18.2 Å². The van der Waals surface area contributed by atoms with E-state index in [-0.39, 0.29) is 6.42 Å². The molecule has 0 amide bonds. The van der Waals surface area contributed by atoms with Crippen molar-refractivity contribution in [3.8, 4) is 17.2 Å². The number of carbonyl (C=O) groups is 1. The monoisotopic (exact) mass is 258 g/mol. The molecule has 2 aromatic carbocycles. The van der Waals surface area contributed by atoms with Gasteiger partial charge in [0.2, 0.25) is 0 Å². The topological polar surface area (TPSA) is 55.8 Å². The van der Waals surface area contributed by atoms with Crippen LogP contribution in [-0.2, 0) is 11.2 Å². The van der Waals surface area contributed by atoms with Gasteiger partial charge in [-0.1, -0.05) is 30.3 Å². The Balaban J connectivity index is 2.32. The molecule has 0 saturated heterocycles. The van der Waals surface area contributed by atoms with Gasteiger partial charge in [-0.25, -0.2) is 0 Å².